The SMILES string of the molecule is C[C@H]1C[C@@H](C(=O)O)CCN1C(=O)C#CCNC(=O)OCC1c2ccccc2-c2ccccc21. The van der Waals surface area contributed by atoms with Gasteiger partial charge in [-0.15, -0.1) is 0 Å². The van der Waals surface area contributed by atoms with Gasteiger partial charge in [0, 0.05) is 18.5 Å². The topological polar surface area (TPSA) is 95.9 Å². The molecule has 1 aliphatic carbocycles. The lowest BCUT2D eigenvalue weighted by Gasteiger charge is -2.34. The van der Waals surface area contributed by atoms with Gasteiger partial charge in [-0.3, -0.25) is 9.59 Å². The number of rotatable bonds is 4. The van der Waals surface area contributed by atoms with E-state index in [0.717, 1.165) is 22.3 Å². The van der Waals surface area contributed by atoms with E-state index in [1.807, 2.05) is 31.2 Å². The van der Waals surface area contributed by atoms with Crippen LogP contribution in [0.3, 0.4) is 0 Å². The molecule has 2 aliphatic rings. The quantitative estimate of drug-likeness (QED) is 0.703. The third kappa shape index (κ3) is 4.85. The van der Waals surface area contributed by atoms with Crippen LogP contribution in [-0.2, 0) is 14.3 Å². The Labute approximate surface area is 192 Å². The molecule has 1 aliphatic heterocycles. The number of hydrogen-bond donors (Lipinski definition) is 2. The molecule has 2 N–H and O–H groups in total. The van der Waals surface area contributed by atoms with E-state index in [1.165, 1.54) is 0 Å². The molecular formula is C26H26N2O5. The van der Waals surface area contributed by atoms with Crippen LogP contribution >= 0.6 is 0 Å². The van der Waals surface area contributed by atoms with Gasteiger partial charge in [-0.1, -0.05) is 54.5 Å². The monoisotopic (exact) mass is 446 g/mol. The van der Waals surface area contributed by atoms with Crippen LogP contribution in [-0.4, -0.2) is 53.7 Å². The van der Waals surface area contributed by atoms with Gasteiger partial charge in [-0.05, 0) is 47.9 Å². The number of amides is 2. The van der Waals surface area contributed by atoms with E-state index < -0.39 is 18.0 Å². The fourth-order valence-electron chi connectivity index (χ4n) is 4.66. The summed E-state index contributed by atoms with van der Waals surface area (Å²) in [4.78, 5) is 37.2. The van der Waals surface area contributed by atoms with Gasteiger partial charge in [0.25, 0.3) is 5.91 Å². The molecule has 2 aromatic rings. The van der Waals surface area contributed by atoms with E-state index in [0.29, 0.717) is 19.4 Å². The van der Waals surface area contributed by atoms with Crippen molar-refractivity contribution in [3.8, 4) is 23.0 Å². The number of nitrogens with one attached hydrogen (secondary N) is 1. The highest BCUT2D eigenvalue weighted by atomic mass is 16.5. The van der Waals surface area contributed by atoms with E-state index in [2.05, 4.69) is 41.4 Å². The lowest BCUT2D eigenvalue weighted by Crippen LogP contribution is -2.45. The maximum Gasteiger partial charge on any atom is 0.407 e. The Kier molecular flexibility index (Phi) is 6.64. The van der Waals surface area contributed by atoms with Crippen molar-refractivity contribution >= 4 is 18.0 Å². The Bertz CT molecular complexity index is 1090. The molecule has 0 radical (unpaired) electrons. The van der Waals surface area contributed by atoms with Gasteiger partial charge in [-0.2, -0.15) is 0 Å². The zero-order valence-electron chi connectivity index (χ0n) is 18.4. The normalized spacial score (nSPS) is 19.0. The van der Waals surface area contributed by atoms with Crippen LogP contribution in [0.15, 0.2) is 48.5 Å². The number of alkyl carbamates (subject to hydrolysis) is 1. The molecule has 2 aromatic carbocycles. The third-order valence-corrected chi connectivity index (χ3v) is 6.35. The Morgan fingerprint density at radius 1 is 1.09 bits per heavy atom. The number of hydrogen-bond acceptors (Lipinski definition) is 4. The summed E-state index contributed by atoms with van der Waals surface area (Å²) in [6, 6.07) is 16.0. The minimum Gasteiger partial charge on any atom is -0.481 e. The number of carboxylic acids is 1. The molecule has 2 amide bonds. The van der Waals surface area contributed by atoms with E-state index in [4.69, 9.17) is 9.84 Å². The Hall–Kier alpha value is -3.79. The van der Waals surface area contributed by atoms with Crippen molar-refractivity contribution < 1.29 is 24.2 Å². The molecular weight excluding hydrogens is 420 g/mol. The number of likely N-dealkylation sites (tertiary alicyclic amines) is 1. The van der Waals surface area contributed by atoms with Crippen LogP contribution in [0.25, 0.3) is 11.1 Å². The zero-order valence-corrected chi connectivity index (χ0v) is 18.4. The molecule has 0 saturated carbocycles. The van der Waals surface area contributed by atoms with Gasteiger partial charge in [0.2, 0.25) is 0 Å². The molecule has 7 nitrogen and oxygen atoms in total. The number of ether oxygens (including phenoxy) is 1. The van der Waals surface area contributed by atoms with Gasteiger partial charge in [0.1, 0.15) is 6.61 Å². The first kappa shape index (κ1) is 22.4. The number of fused-ring (bicyclic) bond motifs is 3. The first-order valence-corrected chi connectivity index (χ1v) is 11.1. The summed E-state index contributed by atoms with van der Waals surface area (Å²) >= 11 is 0. The Morgan fingerprint density at radius 3 is 2.33 bits per heavy atom. The van der Waals surface area contributed by atoms with Gasteiger partial charge >= 0.3 is 12.1 Å². The standard InChI is InChI=1S/C26H26N2O5/c1-17-15-18(25(30)31)12-14-28(17)24(29)11-6-13-27-26(32)33-16-23-21-9-4-2-7-19(21)20-8-3-5-10-22(20)23/h2-5,7-10,17-18,23H,12-16H2,1H3,(H,27,32)(H,30,31)/t17-,18-/m0/s1. The van der Waals surface area contributed by atoms with Gasteiger partial charge in [-0.25, -0.2) is 4.79 Å². The molecule has 4 rings (SSSR count). The maximum atomic E-state index is 12.3. The Balaban J connectivity index is 1.26. The molecule has 33 heavy (non-hydrogen) atoms. The summed E-state index contributed by atoms with van der Waals surface area (Å²) in [5, 5.41) is 11.7. The number of benzene rings is 2. The van der Waals surface area contributed by atoms with Crippen molar-refractivity contribution in [3.05, 3.63) is 59.7 Å². The molecule has 7 heteroatoms. The molecule has 0 bridgehead atoms. The number of carboxylic acid groups (broad SMARTS) is 1. The summed E-state index contributed by atoms with van der Waals surface area (Å²) in [6.45, 7) is 2.39. The van der Waals surface area contributed by atoms with Crippen molar-refractivity contribution in [2.75, 3.05) is 19.7 Å². The average Bonchev–Trinajstić information content (AvgIpc) is 3.14. The highest BCUT2D eigenvalue weighted by Gasteiger charge is 2.32. The molecule has 1 heterocycles. The lowest BCUT2D eigenvalue weighted by molar-refractivity contribution is -0.146. The summed E-state index contributed by atoms with van der Waals surface area (Å²) in [6.07, 6.45) is 0.250. The first-order valence-electron chi connectivity index (χ1n) is 11.1. The van der Waals surface area contributed by atoms with Gasteiger partial charge in [0.05, 0.1) is 12.5 Å². The predicted octanol–water partition coefficient (Wildman–Crippen LogP) is 3.24. The molecule has 2 atom stereocenters. The molecule has 0 spiro atoms. The second-order valence-corrected chi connectivity index (χ2v) is 8.39. The molecule has 170 valence electrons. The van der Waals surface area contributed by atoms with Crippen LogP contribution in [0.2, 0.25) is 0 Å². The second-order valence-electron chi connectivity index (χ2n) is 8.39. The van der Waals surface area contributed by atoms with Crippen LogP contribution < -0.4 is 5.32 Å². The van der Waals surface area contributed by atoms with Crippen molar-refractivity contribution in [1.29, 1.82) is 0 Å². The predicted molar refractivity (Wildman–Crippen MR) is 122 cm³/mol. The molecule has 1 saturated heterocycles. The third-order valence-electron chi connectivity index (χ3n) is 6.35. The molecule has 0 unspecified atom stereocenters. The smallest absolute Gasteiger partial charge is 0.407 e. The summed E-state index contributed by atoms with van der Waals surface area (Å²) < 4.78 is 5.45. The van der Waals surface area contributed by atoms with E-state index >= 15 is 0 Å². The van der Waals surface area contributed by atoms with E-state index in [-0.39, 0.29) is 31.0 Å². The maximum absolute atomic E-state index is 12.3. The molecule has 1 fully saturated rings. The van der Waals surface area contributed by atoms with E-state index in [9.17, 15) is 14.4 Å². The van der Waals surface area contributed by atoms with Crippen molar-refractivity contribution in [2.24, 2.45) is 5.92 Å². The minimum absolute atomic E-state index is 0.0115. The fourth-order valence-corrected chi connectivity index (χ4v) is 4.66. The van der Waals surface area contributed by atoms with Gasteiger partial charge in [0.15, 0.2) is 0 Å². The van der Waals surface area contributed by atoms with Crippen LogP contribution in [0.5, 0.6) is 0 Å². The summed E-state index contributed by atoms with van der Waals surface area (Å²) in [5.74, 6) is 3.55. The second kappa shape index (κ2) is 9.78. The number of carbonyl (C=O) groups is 3. The zero-order chi connectivity index (χ0) is 23.4. The molecule has 0 aromatic heterocycles. The number of carbonyl (C=O) groups excluding carboxylic acids is 2. The van der Waals surface area contributed by atoms with Crippen LogP contribution in [0.1, 0.15) is 36.8 Å². The minimum atomic E-state index is -0.827. The van der Waals surface area contributed by atoms with Crippen molar-refractivity contribution in [3.63, 3.8) is 0 Å². The van der Waals surface area contributed by atoms with Crippen LogP contribution in [0.4, 0.5) is 4.79 Å². The highest BCUT2D eigenvalue weighted by Crippen LogP contribution is 2.44. The average molecular weight is 447 g/mol. The van der Waals surface area contributed by atoms with E-state index in [1.54, 1.807) is 4.90 Å². The first-order chi connectivity index (χ1) is 16.0. The van der Waals surface area contributed by atoms with Crippen LogP contribution in [0, 0.1) is 17.8 Å². The number of aliphatic carboxylic acids is 1. The van der Waals surface area contributed by atoms with Crippen molar-refractivity contribution in [1.82, 2.24) is 10.2 Å². The Morgan fingerprint density at radius 2 is 1.73 bits per heavy atom. The summed E-state index contributed by atoms with van der Waals surface area (Å²) in [5.41, 5.74) is 4.59. The number of piperidine rings is 1. The van der Waals surface area contributed by atoms with Gasteiger partial charge < -0.3 is 20.1 Å². The largest absolute Gasteiger partial charge is 0.481 e. The summed E-state index contributed by atoms with van der Waals surface area (Å²) in [7, 11) is 0. The number of nitrogens with zero attached hydrogens (tertiary/aromatic N) is 1. The fraction of sp³-hybridized carbons (Fsp3) is 0.346. The van der Waals surface area contributed by atoms with Crippen molar-refractivity contribution in [2.45, 2.75) is 31.7 Å². The highest BCUT2D eigenvalue weighted by molar-refractivity contribution is 5.94. The lowest BCUT2D eigenvalue weighted by atomic mass is 9.92.